The molecule has 0 amide bonds. The number of hydrogen-bond donors (Lipinski definition) is 2. The van der Waals surface area contributed by atoms with Crippen molar-refractivity contribution in [1.29, 1.82) is 0 Å². The maximum atomic E-state index is 10.9. The molecule has 0 spiro atoms. The van der Waals surface area contributed by atoms with Gasteiger partial charge in [0.1, 0.15) is 5.75 Å². The van der Waals surface area contributed by atoms with Gasteiger partial charge in [-0.3, -0.25) is 4.79 Å². The van der Waals surface area contributed by atoms with Crippen LogP contribution in [-0.4, -0.2) is 24.7 Å². The summed E-state index contributed by atoms with van der Waals surface area (Å²) in [4.78, 5) is 10.9. The monoisotopic (exact) mass is 237 g/mol. The van der Waals surface area contributed by atoms with Crippen molar-refractivity contribution in [3.05, 3.63) is 29.3 Å². The highest BCUT2D eigenvalue weighted by Gasteiger charge is 2.31. The Morgan fingerprint density at radius 1 is 1.53 bits per heavy atom. The van der Waals surface area contributed by atoms with E-state index in [1.54, 1.807) is 7.11 Å². The standard InChI is InChI=1S/C13H19NO3/c1-9-4-5-11(17-3)10(6-9)13(2,8-14)7-12(15)16/h4-6H,7-8,14H2,1-3H3,(H,15,16). The second kappa shape index (κ2) is 5.19. The molecular weight excluding hydrogens is 218 g/mol. The summed E-state index contributed by atoms with van der Waals surface area (Å²) in [6.45, 7) is 4.07. The third-order valence-electron chi connectivity index (χ3n) is 3.00. The van der Waals surface area contributed by atoms with Gasteiger partial charge in [-0.25, -0.2) is 0 Å². The number of hydrogen-bond acceptors (Lipinski definition) is 3. The second-order valence-corrected chi connectivity index (χ2v) is 4.54. The van der Waals surface area contributed by atoms with Crippen molar-refractivity contribution in [2.75, 3.05) is 13.7 Å². The zero-order valence-electron chi connectivity index (χ0n) is 10.5. The maximum Gasteiger partial charge on any atom is 0.304 e. The Bertz CT molecular complexity index is 417. The average Bonchev–Trinajstić information content (AvgIpc) is 2.28. The molecule has 1 rings (SSSR count). The quantitative estimate of drug-likeness (QED) is 0.817. The Morgan fingerprint density at radius 3 is 2.65 bits per heavy atom. The van der Waals surface area contributed by atoms with E-state index in [0.29, 0.717) is 5.75 Å². The average molecular weight is 237 g/mol. The Kier molecular flexibility index (Phi) is 4.12. The number of carbonyl (C=O) groups is 1. The van der Waals surface area contributed by atoms with E-state index in [1.807, 2.05) is 32.0 Å². The first kappa shape index (κ1) is 13.5. The molecule has 17 heavy (non-hydrogen) atoms. The van der Waals surface area contributed by atoms with Crippen LogP contribution in [0.25, 0.3) is 0 Å². The number of aryl methyl sites for hydroxylation is 1. The van der Waals surface area contributed by atoms with Crippen LogP contribution in [-0.2, 0) is 10.2 Å². The molecule has 1 aromatic carbocycles. The van der Waals surface area contributed by atoms with Crippen LogP contribution in [0.1, 0.15) is 24.5 Å². The summed E-state index contributed by atoms with van der Waals surface area (Å²) in [7, 11) is 1.58. The van der Waals surface area contributed by atoms with Gasteiger partial charge < -0.3 is 15.6 Å². The molecule has 0 fully saturated rings. The topological polar surface area (TPSA) is 72.5 Å². The summed E-state index contributed by atoms with van der Waals surface area (Å²) < 4.78 is 5.28. The number of methoxy groups -OCH3 is 1. The van der Waals surface area contributed by atoms with Crippen LogP contribution in [0, 0.1) is 6.92 Å². The van der Waals surface area contributed by atoms with E-state index >= 15 is 0 Å². The highest BCUT2D eigenvalue weighted by molar-refractivity contribution is 5.69. The number of carboxylic acids is 1. The highest BCUT2D eigenvalue weighted by atomic mass is 16.5. The highest BCUT2D eigenvalue weighted by Crippen LogP contribution is 2.34. The van der Waals surface area contributed by atoms with Gasteiger partial charge in [-0.15, -0.1) is 0 Å². The molecule has 0 aromatic heterocycles. The fourth-order valence-electron chi connectivity index (χ4n) is 1.90. The Hall–Kier alpha value is -1.55. The lowest BCUT2D eigenvalue weighted by atomic mass is 9.78. The lowest BCUT2D eigenvalue weighted by molar-refractivity contribution is -0.138. The zero-order valence-corrected chi connectivity index (χ0v) is 10.5. The number of ether oxygens (including phenoxy) is 1. The van der Waals surface area contributed by atoms with Crippen LogP contribution in [0.2, 0.25) is 0 Å². The van der Waals surface area contributed by atoms with Gasteiger partial charge in [0.05, 0.1) is 13.5 Å². The molecule has 4 nitrogen and oxygen atoms in total. The normalized spacial score (nSPS) is 14.1. The summed E-state index contributed by atoms with van der Waals surface area (Å²) >= 11 is 0. The van der Waals surface area contributed by atoms with Crippen molar-refractivity contribution >= 4 is 5.97 Å². The van der Waals surface area contributed by atoms with Gasteiger partial charge in [-0.2, -0.15) is 0 Å². The van der Waals surface area contributed by atoms with E-state index in [-0.39, 0.29) is 13.0 Å². The maximum absolute atomic E-state index is 10.9. The molecule has 1 aromatic rings. The molecule has 1 atom stereocenters. The predicted molar refractivity (Wildman–Crippen MR) is 66.4 cm³/mol. The summed E-state index contributed by atoms with van der Waals surface area (Å²) in [6.07, 6.45) is -0.0106. The second-order valence-electron chi connectivity index (χ2n) is 4.54. The minimum Gasteiger partial charge on any atom is -0.496 e. The van der Waals surface area contributed by atoms with Gasteiger partial charge in [0.2, 0.25) is 0 Å². The van der Waals surface area contributed by atoms with Crippen LogP contribution < -0.4 is 10.5 Å². The molecule has 0 heterocycles. The summed E-state index contributed by atoms with van der Waals surface area (Å²) in [6, 6.07) is 5.72. The van der Waals surface area contributed by atoms with Crippen LogP contribution in [0.4, 0.5) is 0 Å². The van der Waals surface area contributed by atoms with E-state index in [0.717, 1.165) is 11.1 Å². The van der Waals surface area contributed by atoms with E-state index < -0.39 is 11.4 Å². The van der Waals surface area contributed by atoms with Crippen molar-refractivity contribution in [3.63, 3.8) is 0 Å². The molecule has 0 aliphatic carbocycles. The van der Waals surface area contributed by atoms with Gasteiger partial charge in [-0.1, -0.05) is 24.6 Å². The fourth-order valence-corrected chi connectivity index (χ4v) is 1.90. The largest absolute Gasteiger partial charge is 0.496 e. The molecule has 0 bridgehead atoms. The summed E-state index contributed by atoms with van der Waals surface area (Å²) in [5.74, 6) is -0.175. The number of nitrogens with two attached hydrogens (primary N) is 1. The van der Waals surface area contributed by atoms with E-state index in [4.69, 9.17) is 15.6 Å². The van der Waals surface area contributed by atoms with Crippen molar-refractivity contribution in [3.8, 4) is 5.75 Å². The lowest BCUT2D eigenvalue weighted by Crippen LogP contribution is -2.34. The van der Waals surface area contributed by atoms with Crippen LogP contribution in [0.3, 0.4) is 0 Å². The fraction of sp³-hybridized carbons (Fsp3) is 0.462. The van der Waals surface area contributed by atoms with E-state index in [2.05, 4.69) is 0 Å². The molecule has 1 unspecified atom stereocenters. The molecular formula is C13H19NO3. The molecule has 4 heteroatoms. The van der Waals surface area contributed by atoms with Crippen molar-refractivity contribution in [2.24, 2.45) is 5.73 Å². The molecule has 0 saturated heterocycles. The minimum absolute atomic E-state index is 0.0106. The number of rotatable bonds is 5. The molecule has 0 saturated carbocycles. The van der Waals surface area contributed by atoms with Gasteiger partial charge >= 0.3 is 5.97 Å². The van der Waals surface area contributed by atoms with Crippen LogP contribution in [0.15, 0.2) is 18.2 Å². The van der Waals surface area contributed by atoms with Crippen molar-refractivity contribution in [1.82, 2.24) is 0 Å². The summed E-state index contributed by atoms with van der Waals surface area (Å²) in [5.41, 5.74) is 7.05. The Morgan fingerprint density at radius 2 is 2.18 bits per heavy atom. The smallest absolute Gasteiger partial charge is 0.304 e. The Labute approximate surface area is 101 Å². The van der Waals surface area contributed by atoms with Crippen molar-refractivity contribution < 1.29 is 14.6 Å². The minimum atomic E-state index is -0.860. The first-order chi connectivity index (χ1) is 7.92. The molecule has 0 aliphatic heterocycles. The number of benzene rings is 1. The van der Waals surface area contributed by atoms with Gasteiger partial charge in [0, 0.05) is 17.5 Å². The van der Waals surface area contributed by atoms with Gasteiger partial charge in [0.25, 0.3) is 0 Å². The molecule has 0 radical (unpaired) electrons. The third kappa shape index (κ3) is 2.97. The zero-order chi connectivity index (χ0) is 13.1. The number of carboxylic acid groups (broad SMARTS) is 1. The Balaban J connectivity index is 3.26. The SMILES string of the molecule is COc1ccc(C)cc1C(C)(CN)CC(=O)O. The summed E-state index contributed by atoms with van der Waals surface area (Å²) in [5, 5.41) is 8.98. The van der Waals surface area contributed by atoms with E-state index in [9.17, 15) is 4.79 Å². The van der Waals surface area contributed by atoms with Gasteiger partial charge in [-0.05, 0) is 13.0 Å². The molecule has 0 aliphatic rings. The van der Waals surface area contributed by atoms with Crippen molar-refractivity contribution in [2.45, 2.75) is 25.7 Å². The van der Waals surface area contributed by atoms with Crippen LogP contribution >= 0.6 is 0 Å². The molecule has 3 N–H and O–H groups in total. The number of aliphatic carboxylic acids is 1. The molecule has 94 valence electrons. The lowest BCUT2D eigenvalue weighted by Gasteiger charge is -2.28. The first-order valence-corrected chi connectivity index (χ1v) is 5.50. The van der Waals surface area contributed by atoms with Gasteiger partial charge in [0.15, 0.2) is 0 Å². The predicted octanol–water partition coefficient (Wildman–Crippen LogP) is 1.69. The van der Waals surface area contributed by atoms with E-state index in [1.165, 1.54) is 0 Å². The first-order valence-electron chi connectivity index (χ1n) is 5.50. The third-order valence-corrected chi connectivity index (χ3v) is 3.00. The van der Waals surface area contributed by atoms with Crippen LogP contribution in [0.5, 0.6) is 5.75 Å².